The number of rotatable bonds is 2. The quantitative estimate of drug-likeness (QED) is 0.191. The van der Waals surface area contributed by atoms with Gasteiger partial charge in [0, 0.05) is 38.1 Å². The van der Waals surface area contributed by atoms with Crippen LogP contribution in [0.1, 0.15) is 0 Å². The summed E-state index contributed by atoms with van der Waals surface area (Å²) in [5.74, 6) is 1.14. The van der Waals surface area contributed by atoms with E-state index in [4.69, 9.17) is 24.4 Å². The standard InChI is InChI=1S/C42H22N6O/c1-2-15-27-26(14-1)37-36-38(27)44-42(46-40(36)45-41(43-37)47-30-17-7-3-11-23(30)24-12-4-8-18-31(24)47)48-32-19-9-5-13-25(32)28-21-22-34-35(39(28)48)29-16-6-10-20-33(29)49-34/h1-22H. The van der Waals surface area contributed by atoms with Crippen LogP contribution in [-0.4, -0.2) is 29.1 Å². The summed E-state index contributed by atoms with van der Waals surface area (Å²) in [6, 6.07) is 46.1. The molecular weight excluding hydrogens is 605 g/mol. The maximum atomic E-state index is 6.37. The molecule has 7 heteroatoms. The van der Waals surface area contributed by atoms with E-state index in [-0.39, 0.29) is 0 Å². The van der Waals surface area contributed by atoms with Gasteiger partial charge in [-0.1, -0.05) is 97.1 Å². The summed E-state index contributed by atoms with van der Waals surface area (Å²) in [5, 5.41) is 7.52. The molecule has 11 aromatic rings. The Hall–Kier alpha value is -6.86. The molecule has 49 heavy (non-hydrogen) atoms. The third-order valence-electron chi connectivity index (χ3n) is 10.1. The van der Waals surface area contributed by atoms with Crippen molar-refractivity contribution in [3.8, 4) is 34.4 Å². The number of hydrogen-bond donors (Lipinski definition) is 0. The first-order valence-electron chi connectivity index (χ1n) is 16.3. The van der Waals surface area contributed by atoms with Crippen molar-refractivity contribution in [2.75, 3.05) is 0 Å². The SMILES string of the molecule is c1ccc2c(c1)-c1nc(-n3c4ccccc4c4ccccc43)nc3nc(-n4c5ccccc5c5ccc6oc7ccccc7c6c54)nc-2c13. The van der Waals surface area contributed by atoms with Crippen LogP contribution in [0.25, 0.3) is 111 Å². The molecule has 5 heterocycles. The molecule has 12 rings (SSSR count). The summed E-state index contributed by atoms with van der Waals surface area (Å²) in [4.78, 5) is 21.2. The number of nitrogens with zero attached hydrogens (tertiary/aromatic N) is 6. The highest BCUT2D eigenvalue weighted by Gasteiger charge is 2.30. The summed E-state index contributed by atoms with van der Waals surface area (Å²) < 4.78 is 10.7. The first-order valence-corrected chi connectivity index (χ1v) is 16.3. The van der Waals surface area contributed by atoms with Crippen molar-refractivity contribution in [3.63, 3.8) is 0 Å². The molecule has 0 unspecified atom stereocenters. The lowest BCUT2D eigenvalue weighted by atomic mass is 10.1. The van der Waals surface area contributed by atoms with Gasteiger partial charge >= 0.3 is 0 Å². The van der Waals surface area contributed by atoms with Crippen molar-refractivity contribution in [2.45, 2.75) is 0 Å². The Morgan fingerprint density at radius 1 is 0.388 bits per heavy atom. The molecule has 1 aliphatic rings. The van der Waals surface area contributed by atoms with E-state index in [0.717, 1.165) is 93.5 Å². The minimum Gasteiger partial charge on any atom is -0.456 e. The lowest BCUT2D eigenvalue weighted by Gasteiger charge is -2.11. The molecule has 5 aromatic heterocycles. The van der Waals surface area contributed by atoms with E-state index in [0.29, 0.717) is 17.5 Å². The minimum atomic E-state index is 0.556. The second-order valence-electron chi connectivity index (χ2n) is 12.6. The number of para-hydroxylation sites is 4. The van der Waals surface area contributed by atoms with Crippen molar-refractivity contribution in [1.29, 1.82) is 0 Å². The van der Waals surface area contributed by atoms with Crippen molar-refractivity contribution in [2.24, 2.45) is 0 Å². The molecule has 0 spiro atoms. The Morgan fingerprint density at radius 2 is 0.898 bits per heavy atom. The third-order valence-corrected chi connectivity index (χ3v) is 10.1. The van der Waals surface area contributed by atoms with Crippen LogP contribution >= 0.6 is 0 Å². The maximum absolute atomic E-state index is 6.37. The van der Waals surface area contributed by atoms with E-state index in [1.54, 1.807) is 0 Å². The van der Waals surface area contributed by atoms with Gasteiger partial charge in [0.1, 0.15) is 11.2 Å². The first kappa shape index (κ1) is 25.3. The van der Waals surface area contributed by atoms with Crippen molar-refractivity contribution >= 4 is 76.6 Å². The summed E-state index contributed by atoms with van der Waals surface area (Å²) in [7, 11) is 0. The third kappa shape index (κ3) is 3.16. The lowest BCUT2D eigenvalue weighted by Crippen LogP contribution is -2.07. The van der Waals surface area contributed by atoms with Crippen LogP contribution in [0.4, 0.5) is 0 Å². The number of hydrogen-bond acceptors (Lipinski definition) is 5. The fourth-order valence-corrected chi connectivity index (χ4v) is 8.11. The number of benzene rings is 6. The molecule has 0 radical (unpaired) electrons. The highest BCUT2D eigenvalue weighted by molar-refractivity contribution is 6.24. The van der Waals surface area contributed by atoms with Crippen molar-refractivity contribution in [3.05, 3.63) is 133 Å². The monoisotopic (exact) mass is 626 g/mol. The Bertz CT molecular complexity index is 3180. The normalized spacial score (nSPS) is 12.5. The van der Waals surface area contributed by atoms with Crippen LogP contribution in [0.15, 0.2) is 138 Å². The van der Waals surface area contributed by atoms with Gasteiger partial charge in [0.25, 0.3) is 0 Å². The van der Waals surface area contributed by atoms with Gasteiger partial charge in [0.15, 0.2) is 5.65 Å². The average molecular weight is 627 g/mol. The molecular formula is C42H22N6O. The average Bonchev–Trinajstić information content (AvgIpc) is 3.89. The highest BCUT2D eigenvalue weighted by Crippen LogP contribution is 2.46. The van der Waals surface area contributed by atoms with Crippen LogP contribution in [0.3, 0.4) is 0 Å². The van der Waals surface area contributed by atoms with E-state index >= 15 is 0 Å². The Kier molecular flexibility index (Phi) is 4.60. The van der Waals surface area contributed by atoms with E-state index in [2.05, 4.69) is 130 Å². The Morgan fingerprint density at radius 3 is 1.55 bits per heavy atom. The van der Waals surface area contributed by atoms with E-state index < -0.39 is 0 Å². The molecule has 0 aliphatic heterocycles. The van der Waals surface area contributed by atoms with Gasteiger partial charge in [0.2, 0.25) is 11.9 Å². The molecule has 0 atom stereocenters. The molecule has 0 amide bonds. The zero-order valence-electron chi connectivity index (χ0n) is 25.8. The van der Waals surface area contributed by atoms with E-state index in [9.17, 15) is 0 Å². The van der Waals surface area contributed by atoms with E-state index in [1.165, 1.54) is 0 Å². The molecule has 7 nitrogen and oxygen atoms in total. The predicted octanol–water partition coefficient (Wildman–Crippen LogP) is 10.2. The van der Waals surface area contributed by atoms with Crippen LogP contribution in [0.5, 0.6) is 0 Å². The van der Waals surface area contributed by atoms with Gasteiger partial charge in [0.05, 0.1) is 44.2 Å². The Balaban J connectivity index is 1.24. The smallest absolute Gasteiger partial charge is 0.237 e. The number of aromatic nitrogens is 6. The van der Waals surface area contributed by atoms with Gasteiger partial charge in [-0.25, -0.2) is 9.97 Å². The number of fused-ring (bicyclic) bond motifs is 13. The van der Waals surface area contributed by atoms with Crippen LogP contribution < -0.4 is 0 Å². The topological polar surface area (TPSA) is 74.6 Å². The predicted molar refractivity (Wildman–Crippen MR) is 196 cm³/mol. The lowest BCUT2D eigenvalue weighted by molar-refractivity contribution is 0.669. The minimum absolute atomic E-state index is 0.556. The fraction of sp³-hybridized carbons (Fsp3) is 0. The summed E-state index contributed by atoms with van der Waals surface area (Å²) in [6.45, 7) is 0. The second-order valence-corrected chi connectivity index (χ2v) is 12.6. The zero-order valence-corrected chi connectivity index (χ0v) is 25.8. The Labute approximate surface area is 277 Å². The van der Waals surface area contributed by atoms with Crippen LogP contribution in [0, 0.1) is 0 Å². The van der Waals surface area contributed by atoms with Gasteiger partial charge in [-0.2, -0.15) is 9.97 Å². The number of furan rings is 1. The molecule has 0 saturated heterocycles. The molecule has 0 bridgehead atoms. The molecule has 6 aromatic carbocycles. The molecule has 0 saturated carbocycles. The summed E-state index contributed by atoms with van der Waals surface area (Å²) in [5.41, 5.74) is 10.2. The first-order chi connectivity index (χ1) is 24.3. The van der Waals surface area contributed by atoms with Gasteiger partial charge in [-0.3, -0.25) is 9.13 Å². The highest BCUT2D eigenvalue weighted by atomic mass is 16.3. The molecule has 0 N–H and O–H groups in total. The maximum Gasteiger partial charge on any atom is 0.237 e. The fourth-order valence-electron chi connectivity index (χ4n) is 8.11. The van der Waals surface area contributed by atoms with Crippen molar-refractivity contribution in [1.82, 2.24) is 29.1 Å². The molecule has 1 aliphatic carbocycles. The van der Waals surface area contributed by atoms with Crippen molar-refractivity contribution < 1.29 is 4.42 Å². The zero-order chi connectivity index (χ0) is 31.8. The van der Waals surface area contributed by atoms with Gasteiger partial charge in [-0.15, -0.1) is 0 Å². The van der Waals surface area contributed by atoms with E-state index in [1.807, 2.05) is 12.1 Å². The van der Waals surface area contributed by atoms with Crippen LogP contribution in [-0.2, 0) is 0 Å². The summed E-state index contributed by atoms with van der Waals surface area (Å²) >= 11 is 0. The second kappa shape index (κ2) is 8.93. The van der Waals surface area contributed by atoms with Crippen LogP contribution in [0.2, 0.25) is 0 Å². The largest absolute Gasteiger partial charge is 0.456 e. The molecule has 0 fully saturated rings. The van der Waals surface area contributed by atoms with Gasteiger partial charge in [-0.05, 0) is 36.4 Å². The summed E-state index contributed by atoms with van der Waals surface area (Å²) in [6.07, 6.45) is 0. The van der Waals surface area contributed by atoms with Gasteiger partial charge < -0.3 is 4.42 Å². The molecule has 226 valence electrons.